The fraction of sp³-hybridized carbons (Fsp3) is 0.611. The minimum atomic E-state index is 0.244. The lowest BCUT2D eigenvalue weighted by molar-refractivity contribution is 0.0170. The van der Waals surface area contributed by atoms with E-state index in [9.17, 15) is 0 Å². The van der Waals surface area contributed by atoms with E-state index >= 15 is 0 Å². The van der Waals surface area contributed by atoms with E-state index in [-0.39, 0.29) is 6.04 Å². The molecule has 0 spiro atoms. The lowest BCUT2D eigenvalue weighted by Gasteiger charge is -2.35. The van der Waals surface area contributed by atoms with Crippen molar-refractivity contribution in [1.82, 2.24) is 15.5 Å². The van der Waals surface area contributed by atoms with Crippen LogP contribution in [-0.2, 0) is 9.47 Å². The van der Waals surface area contributed by atoms with Crippen LogP contribution < -0.4 is 15.4 Å². The minimum Gasteiger partial charge on any atom is -0.497 e. The van der Waals surface area contributed by atoms with Gasteiger partial charge in [-0.25, -0.2) is 0 Å². The van der Waals surface area contributed by atoms with Crippen LogP contribution in [0.15, 0.2) is 24.3 Å². The maximum atomic E-state index is 5.49. The van der Waals surface area contributed by atoms with Crippen LogP contribution >= 0.6 is 12.2 Å². The smallest absolute Gasteiger partial charge is 0.166 e. The number of hydrogen-bond donors (Lipinski definition) is 2. The van der Waals surface area contributed by atoms with Gasteiger partial charge in [0.05, 0.1) is 26.4 Å². The second kappa shape index (κ2) is 11.3. The van der Waals surface area contributed by atoms with Gasteiger partial charge >= 0.3 is 0 Å². The van der Waals surface area contributed by atoms with E-state index in [4.69, 9.17) is 26.4 Å². The van der Waals surface area contributed by atoms with Crippen LogP contribution in [0.5, 0.6) is 5.75 Å². The molecular formula is C18H29N3O3S. The monoisotopic (exact) mass is 367 g/mol. The molecule has 25 heavy (non-hydrogen) atoms. The summed E-state index contributed by atoms with van der Waals surface area (Å²) in [6.07, 6.45) is 0.934. The van der Waals surface area contributed by atoms with Crippen LogP contribution in [0.2, 0.25) is 0 Å². The van der Waals surface area contributed by atoms with Gasteiger partial charge in [0.2, 0.25) is 0 Å². The number of nitrogens with zero attached hydrogens (tertiary/aromatic N) is 1. The van der Waals surface area contributed by atoms with E-state index < -0.39 is 0 Å². The third-order valence-corrected chi connectivity index (χ3v) is 4.54. The molecule has 0 bridgehead atoms. The zero-order valence-corrected chi connectivity index (χ0v) is 15.9. The summed E-state index contributed by atoms with van der Waals surface area (Å²) in [7, 11) is 3.39. The Kier molecular flexibility index (Phi) is 8.96. The van der Waals surface area contributed by atoms with Gasteiger partial charge in [-0.05, 0) is 36.3 Å². The number of rotatable bonds is 9. The molecule has 0 aliphatic carbocycles. The zero-order chi connectivity index (χ0) is 17.9. The van der Waals surface area contributed by atoms with Gasteiger partial charge in [-0.15, -0.1) is 0 Å². The van der Waals surface area contributed by atoms with Crippen LogP contribution in [0.1, 0.15) is 18.0 Å². The van der Waals surface area contributed by atoms with Crippen LogP contribution in [0.3, 0.4) is 0 Å². The number of hydrogen-bond acceptors (Lipinski definition) is 5. The molecule has 0 aromatic heterocycles. The van der Waals surface area contributed by atoms with Crippen molar-refractivity contribution in [1.29, 1.82) is 0 Å². The number of thiocarbonyl (C=S) groups is 1. The first-order valence-corrected chi connectivity index (χ1v) is 9.12. The Hall–Kier alpha value is -1.41. The average Bonchev–Trinajstić information content (AvgIpc) is 2.67. The van der Waals surface area contributed by atoms with Crippen molar-refractivity contribution >= 4 is 17.3 Å². The van der Waals surface area contributed by atoms with Gasteiger partial charge in [-0.3, -0.25) is 4.90 Å². The predicted octanol–water partition coefficient (Wildman–Crippen LogP) is 1.57. The largest absolute Gasteiger partial charge is 0.497 e. The summed E-state index contributed by atoms with van der Waals surface area (Å²) in [5, 5.41) is 7.26. The summed E-state index contributed by atoms with van der Waals surface area (Å²) >= 11 is 5.39. The van der Waals surface area contributed by atoms with Gasteiger partial charge in [0.1, 0.15) is 5.75 Å². The molecule has 1 aliphatic rings. The van der Waals surface area contributed by atoms with E-state index in [0.29, 0.717) is 5.11 Å². The summed E-state index contributed by atoms with van der Waals surface area (Å²) in [4.78, 5) is 2.44. The number of morpholine rings is 1. The molecule has 6 nitrogen and oxygen atoms in total. The lowest BCUT2D eigenvalue weighted by atomic mass is 10.0. The molecule has 2 N–H and O–H groups in total. The fourth-order valence-electron chi connectivity index (χ4n) is 2.84. The summed E-state index contributed by atoms with van der Waals surface area (Å²) in [5.41, 5.74) is 1.25. The second-order valence-corrected chi connectivity index (χ2v) is 6.33. The van der Waals surface area contributed by atoms with E-state index in [2.05, 4.69) is 27.7 Å². The Bertz CT molecular complexity index is 507. The second-order valence-electron chi connectivity index (χ2n) is 5.92. The van der Waals surface area contributed by atoms with E-state index in [1.165, 1.54) is 5.56 Å². The highest BCUT2D eigenvalue weighted by atomic mass is 32.1. The van der Waals surface area contributed by atoms with Crippen molar-refractivity contribution in [2.24, 2.45) is 0 Å². The molecule has 1 aliphatic heterocycles. The number of methoxy groups -OCH3 is 2. The van der Waals surface area contributed by atoms with E-state index in [0.717, 1.165) is 58.2 Å². The minimum absolute atomic E-state index is 0.244. The van der Waals surface area contributed by atoms with Crippen molar-refractivity contribution < 1.29 is 14.2 Å². The molecule has 1 aromatic carbocycles. The topological polar surface area (TPSA) is 55.0 Å². The molecule has 1 aromatic rings. The molecule has 1 unspecified atom stereocenters. The molecular weight excluding hydrogens is 338 g/mol. The summed E-state index contributed by atoms with van der Waals surface area (Å²) < 4.78 is 15.8. The van der Waals surface area contributed by atoms with Gasteiger partial charge < -0.3 is 24.8 Å². The molecule has 0 radical (unpaired) electrons. The van der Waals surface area contributed by atoms with Crippen LogP contribution in [0.4, 0.5) is 0 Å². The molecule has 1 atom stereocenters. The highest BCUT2D eigenvalue weighted by molar-refractivity contribution is 7.80. The molecule has 1 saturated heterocycles. The van der Waals surface area contributed by atoms with Crippen LogP contribution in [0.25, 0.3) is 0 Å². The SMILES string of the molecule is COCCCNC(=S)NCC(c1ccc(OC)cc1)N1CCOCC1. The maximum Gasteiger partial charge on any atom is 0.166 e. The fourth-order valence-corrected chi connectivity index (χ4v) is 3.03. The maximum absolute atomic E-state index is 5.49. The Morgan fingerprint density at radius 2 is 1.92 bits per heavy atom. The Morgan fingerprint density at radius 1 is 1.20 bits per heavy atom. The van der Waals surface area contributed by atoms with Gasteiger partial charge in [-0.1, -0.05) is 12.1 Å². The standard InChI is InChI=1S/C18H29N3O3S/c1-22-11-3-8-19-18(25)20-14-17(21-9-12-24-13-10-21)15-4-6-16(23-2)7-5-15/h4-7,17H,3,8-14H2,1-2H3,(H2,19,20,25). The average molecular weight is 368 g/mol. The van der Waals surface area contributed by atoms with Crippen molar-refractivity contribution in [2.45, 2.75) is 12.5 Å². The molecule has 7 heteroatoms. The Balaban J connectivity index is 1.93. The Morgan fingerprint density at radius 3 is 2.56 bits per heavy atom. The van der Waals surface area contributed by atoms with Gasteiger partial charge in [0, 0.05) is 39.9 Å². The number of benzene rings is 1. The van der Waals surface area contributed by atoms with Crippen molar-refractivity contribution in [3.8, 4) is 5.75 Å². The molecule has 2 rings (SSSR count). The van der Waals surface area contributed by atoms with Crippen molar-refractivity contribution in [2.75, 3.05) is 60.2 Å². The third-order valence-electron chi connectivity index (χ3n) is 4.25. The van der Waals surface area contributed by atoms with Crippen LogP contribution in [0, 0.1) is 0 Å². The predicted molar refractivity (Wildman–Crippen MR) is 103 cm³/mol. The van der Waals surface area contributed by atoms with Crippen LogP contribution in [-0.4, -0.2) is 70.2 Å². The first-order valence-electron chi connectivity index (χ1n) is 8.71. The highest BCUT2D eigenvalue weighted by Gasteiger charge is 2.22. The van der Waals surface area contributed by atoms with E-state index in [1.807, 2.05) is 12.1 Å². The van der Waals surface area contributed by atoms with Gasteiger partial charge in [0.25, 0.3) is 0 Å². The third kappa shape index (κ3) is 6.78. The Labute approximate surface area is 155 Å². The molecule has 1 fully saturated rings. The summed E-state index contributed by atoms with van der Waals surface area (Å²) in [6.45, 7) is 5.68. The quantitative estimate of drug-likeness (QED) is 0.507. The molecule has 1 heterocycles. The van der Waals surface area contributed by atoms with E-state index in [1.54, 1.807) is 14.2 Å². The number of nitrogens with one attached hydrogen (secondary N) is 2. The first kappa shape index (κ1) is 19.9. The first-order chi connectivity index (χ1) is 12.2. The lowest BCUT2D eigenvalue weighted by Crippen LogP contribution is -2.45. The number of ether oxygens (including phenoxy) is 3. The zero-order valence-electron chi connectivity index (χ0n) is 15.1. The molecule has 140 valence electrons. The molecule has 0 amide bonds. The summed E-state index contributed by atoms with van der Waals surface area (Å²) in [5.74, 6) is 0.868. The van der Waals surface area contributed by atoms with Crippen molar-refractivity contribution in [3.05, 3.63) is 29.8 Å². The highest BCUT2D eigenvalue weighted by Crippen LogP contribution is 2.23. The van der Waals surface area contributed by atoms with Gasteiger partial charge in [-0.2, -0.15) is 0 Å². The molecule has 0 saturated carbocycles. The van der Waals surface area contributed by atoms with Gasteiger partial charge in [0.15, 0.2) is 5.11 Å². The van der Waals surface area contributed by atoms with Crippen molar-refractivity contribution in [3.63, 3.8) is 0 Å². The normalized spacial score (nSPS) is 16.2. The summed E-state index contributed by atoms with van der Waals surface area (Å²) in [6, 6.07) is 8.49.